The fourth-order valence-electron chi connectivity index (χ4n) is 2.59. The third-order valence-electron chi connectivity index (χ3n) is 3.47. The van der Waals surface area contributed by atoms with Gasteiger partial charge in [-0.15, -0.1) is 0 Å². The minimum Gasteiger partial charge on any atom is -0.314 e. The summed E-state index contributed by atoms with van der Waals surface area (Å²) in [6.45, 7) is 11.7. The maximum absolute atomic E-state index is 3.63. The van der Waals surface area contributed by atoms with Crippen LogP contribution in [-0.4, -0.2) is 36.1 Å². The minimum absolute atomic E-state index is 0.675. The zero-order chi connectivity index (χ0) is 11.3. The van der Waals surface area contributed by atoms with Crippen LogP contribution in [0.5, 0.6) is 0 Å². The zero-order valence-corrected chi connectivity index (χ0v) is 10.9. The van der Waals surface area contributed by atoms with E-state index in [1.165, 1.54) is 38.8 Å². The summed E-state index contributed by atoms with van der Waals surface area (Å²) in [6, 6.07) is 2.13. The Morgan fingerprint density at radius 2 is 1.80 bits per heavy atom. The number of hydrogen-bond acceptors (Lipinski definition) is 2. The van der Waals surface area contributed by atoms with Crippen molar-refractivity contribution in [2.75, 3.05) is 13.1 Å². The molecule has 1 heterocycles. The Morgan fingerprint density at radius 3 is 2.27 bits per heavy atom. The van der Waals surface area contributed by atoms with E-state index in [-0.39, 0.29) is 0 Å². The molecular weight excluding hydrogens is 184 g/mol. The van der Waals surface area contributed by atoms with Gasteiger partial charge in [-0.1, -0.05) is 6.42 Å². The summed E-state index contributed by atoms with van der Waals surface area (Å²) >= 11 is 0. The van der Waals surface area contributed by atoms with Crippen molar-refractivity contribution < 1.29 is 0 Å². The molecular formula is C13H28N2. The first kappa shape index (κ1) is 13.0. The molecule has 90 valence electrons. The van der Waals surface area contributed by atoms with E-state index in [1.54, 1.807) is 0 Å². The third kappa shape index (κ3) is 4.52. The minimum atomic E-state index is 0.675. The number of piperidine rings is 1. The Bertz CT molecular complexity index is 152. The fraction of sp³-hybridized carbons (Fsp3) is 1.00. The lowest BCUT2D eigenvalue weighted by Crippen LogP contribution is -2.42. The van der Waals surface area contributed by atoms with Gasteiger partial charge in [0.15, 0.2) is 0 Å². The number of rotatable bonds is 5. The van der Waals surface area contributed by atoms with Crippen LogP contribution in [0.3, 0.4) is 0 Å². The lowest BCUT2D eigenvalue weighted by Gasteiger charge is -2.33. The predicted octanol–water partition coefficient (Wildman–Crippen LogP) is 2.64. The fourth-order valence-corrected chi connectivity index (χ4v) is 2.59. The number of nitrogens with one attached hydrogen (secondary N) is 1. The normalized spacial score (nSPS) is 23.0. The number of hydrogen-bond donors (Lipinski definition) is 1. The monoisotopic (exact) mass is 212 g/mol. The average Bonchev–Trinajstić information content (AvgIpc) is 2.18. The molecule has 1 saturated heterocycles. The van der Waals surface area contributed by atoms with Crippen LogP contribution in [0.4, 0.5) is 0 Å². The van der Waals surface area contributed by atoms with E-state index >= 15 is 0 Å². The van der Waals surface area contributed by atoms with E-state index in [0.29, 0.717) is 12.1 Å². The molecule has 0 amide bonds. The van der Waals surface area contributed by atoms with Crippen molar-refractivity contribution in [3.63, 3.8) is 0 Å². The van der Waals surface area contributed by atoms with Gasteiger partial charge in [0.1, 0.15) is 0 Å². The van der Waals surface area contributed by atoms with Gasteiger partial charge in [0.2, 0.25) is 0 Å². The zero-order valence-electron chi connectivity index (χ0n) is 10.9. The summed E-state index contributed by atoms with van der Waals surface area (Å²) in [5.74, 6) is 0. The van der Waals surface area contributed by atoms with Crippen molar-refractivity contribution in [2.45, 2.75) is 71.5 Å². The molecule has 0 radical (unpaired) electrons. The molecule has 0 saturated carbocycles. The molecule has 2 heteroatoms. The van der Waals surface area contributed by atoms with E-state index in [2.05, 4.69) is 37.9 Å². The standard InChI is InChI=1S/C13H28N2/c1-11(2)15(12(3)4)10-8-13-7-5-6-9-14-13/h11-14H,5-10H2,1-4H3. The Morgan fingerprint density at radius 1 is 1.13 bits per heavy atom. The Labute approximate surface area is 95.4 Å². The van der Waals surface area contributed by atoms with Crippen molar-refractivity contribution in [3.05, 3.63) is 0 Å². The summed E-state index contributed by atoms with van der Waals surface area (Å²) in [4.78, 5) is 2.59. The first-order chi connectivity index (χ1) is 7.11. The molecule has 1 N–H and O–H groups in total. The van der Waals surface area contributed by atoms with Crippen LogP contribution in [0, 0.1) is 0 Å². The van der Waals surface area contributed by atoms with Crippen LogP contribution in [0.25, 0.3) is 0 Å². The van der Waals surface area contributed by atoms with E-state index in [9.17, 15) is 0 Å². The molecule has 1 fully saturated rings. The van der Waals surface area contributed by atoms with Crippen LogP contribution in [0.2, 0.25) is 0 Å². The van der Waals surface area contributed by atoms with Crippen LogP contribution in [0.1, 0.15) is 53.4 Å². The molecule has 1 unspecified atom stereocenters. The molecule has 0 spiro atoms. The van der Waals surface area contributed by atoms with Crippen molar-refractivity contribution in [3.8, 4) is 0 Å². The lowest BCUT2D eigenvalue weighted by molar-refractivity contribution is 0.162. The van der Waals surface area contributed by atoms with Gasteiger partial charge in [0.05, 0.1) is 0 Å². The van der Waals surface area contributed by atoms with Gasteiger partial charge in [-0.3, -0.25) is 4.90 Å². The lowest BCUT2D eigenvalue weighted by atomic mass is 10.0. The van der Waals surface area contributed by atoms with Gasteiger partial charge >= 0.3 is 0 Å². The SMILES string of the molecule is CC(C)N(CCC1CCCCN1)C(C)C. The van der Waals surface area contributed by atoms with Gasteiger partial charge in [-0.25, -0.2) is 0 Å². The Balaban J connectivity index is 2.26. The van der Waals surface area contributed by atoms with Gasteiger partial charge in [-0.05, 0) is 53.5 Å². The smallest absolute Gasteiger partial charge is 0.00792 e. The molecule has 0 aromatic heterocycles. The third-order valence-corrected chi connectivity index (χ3v) is 3.47. The average molecular weight is 212 g/mol. The Hall–Kier alpha value is -0.0800. The van der Waals surface area contributed by atoms with E-state index in [4.69, 9.17) is 0 Å². The highest BCUT2D eigenvalue weighted by atomic mass is 15.2. The van der Waals surface area contributed by atoms with Crippen molar-refractivity contribution in [2.24, 2.45) is 0 Å². The molecule has 15 heavy (non-hydrogen) atoms. The number of nitrogens with zero attached hydrogens (tertiary/aromatic N) is 1. The summed E-state index contributed by atoms with van der Waals surface area (Å²) in [6.07, 6.45) is 5.48. The van der Waals surface area contributed by atoms with Crippen molar-refractivity contribution in [1.82, 2.24) is 10.2 Å². The highest BCUT2D eigenvalue weighted by Crippen LogP contribution is 2.13. The molecule has 0 aliphatic carbocycles. The van der Waals surface area contributed by atoms with E-state index < -0.39 is 0 Å². The maximum Gasteiger partial charge on any atom is 0.00792 e. The van der Waals surface area contributed by atoms with Crippen LogP contribution in [0.15, 0.2) is 0 Å². The second-order valence-electron chi connectivity index (χ2n) is 5.36. The largest absolute Gasteiger partial charge is 0.314 e. The summed E-state index contributed by atoms with van der Waals surface area (Å²) in [5.41, 5.74) is 0. The second kappa shape index (κ2) is 6.49. The van der Waals surface area contributed by atoms with E-state index in [1.807, 2.05) is 0 Å². The van der Waals surface area contributed by atoms with Crippen molar-refractivity contribution in [1.29, 1.82) is 0 Å². The molecule has 1 atom stereocenters. The van der Waals surface area contributed by atoms with Crippen LogP contribution in [-0.2, 0) is 0 Å². The molecule has 1 aliphatic rings. The van der Waals surface area contributed by atoms with Crippen LogP contribution >= 0.6 is 0 Å². The molecule has 2 nitrogen and oxygen atoms in total. The molecule has 0 aromatic carbocycles. The first-order valence-corrected chi connectivity index (χ1v) is 6.60. The Kier molecular flexibility index (Phi) is 5.62. The summed E-state index contributed by atoms with van der Waals surface area (Å²) in [5, 5.41) is 3.63. The predicted molar refractivity (Wildman–Crippen MR) is 67.2 cm³/mol. The maximum atomic E-state index is 3.63. The van der Waals surface area contributed by atoms with E-state index in [0.717, 1.165) is 6.04 Å². The molecule has 1 rings (SSSR count). The summed E-state index contributed by atoms with van der Waals surface area (Å²) in [7, 11) is 0. The van der Waals surface area contributed by atoms with Gasteiger partial charge in [0, 0.05) is 24.7 Å². The van der Waals surface area contributed by atoms with Gasteiger partial charge < -0.3 is 5.32 Å². The van der Waals surface area contributed by atoms with Crippen molar-refractivity contribution >= 4 is 0 Å². The van der Waals surface area contributed by atoms with Gasteiger partial charge in [0.25, 0.3) is 0 Å². The van der Waals surface area contributed by atoms with Crippen LogP contribution < -0.4 is 5.32 Å². The molecule has 0 bridgehead atoms. The summed E-state index contributed by atoms with van der Waals surface area (Å²) < 4.78 is 0. The first-order valence-electron chi connectivity index (χ1n) is 6.60. The highest BCUT2D eigenvalue weighted by molar-refractivity contribution is 4.76. The second-order valence-corrected chi connectivity index (χ2v) is 5.36. The topological polar surface area (TPSA) is 15.3 Å². The van der Waals surface area contributed by atoms with Gasteiger partial charge in [-0.2, -0.15) is 0 Å². The quantitative estimate of drug-likeness (QED) is 0.753. The highest BCUT2D eigenvalue weighted by Gasteiger charge is 2.17. The molecule has 0 aromatic rings. The molecule has 1 aliphatic heterocycles.